The third-order valence-corrected chi connectivity index (χ3v) is 4.56. The van der Waals surface area contributed by atoms with Gasteiger partial charge in [0.15, 0.2) is 0 Å². The normalized spacial score (nSPS) is 14.3. The Morgan fingerprint density at radius 1 is 1.32 bits per heavy atom. The molecule has 0 saturated carbocycles. The third kappa shape index (κ3) is 5.25. The Hall–Kier alpha value is -1.00. The molecule has 0 aliphatic rings. The van der Waals surface area contributed by atoms with Crippen molar-refractivity contribution in [1.82, 2.24) is 4.72 Å². The second-order valence-corrected chi connectivity index (χ2v) is 7.51. The molecule has 0 fully saturated rings. The van der Waals surface area contributed by atoms with Crippen molar-refractivity contribution in [3.05, 3.63) is 29.8 Å². The SMILES string of the molecule is CC(O)c1cccc(S(=O)(=O)NCCS(N)(=O)=O)c1. The zero-order chi connectivity index (χ0) is 14.7. The number of benzene rings is 1. The molecule has 1 unspecified atom stereocenters. The maximum atomic E-state index is 11.9. The predicted molar refractivity (Wildman–Crippen MR) is 70.2 cm³/mol. The molecule has 0 bridgehead atoms. The van der Waals surface area contributed by atoms with Gasteiger partial charge in [0.25, 0.3) is 0 Å². The molecule has 0 amide bonds. The summed E-state index contributed by atoms with van der Waals surface area (Å²) in [6.07, 6.45) is -0.792. The van der Waals surface area contributed by atoms with Crippen molar-refractivity contribution < 1.29 is 21.9 Å². The van der Waals surface area contributed by atoms with Crippen molar-refractivity contribution in [3.8, 4) is 0 Å². The number of nitrogens with one attached hydrogen (secondary N) is 1. The van der Waals surface area contributed by atoms with E-state index in [-0.39, 0.29) is 11.4 Å². The molecule has 1 aromatic rings. The highest BCUT2D eigenvalue weighted by molar-refractivity contribution is 7.90. The van der Waals surface area contributed by atoms with Gasteiger partial charge in [-0.25, -0.2) is 26.7 Å². The van der Waals surface area contributed by atoms with Gasteiger partial charge in [0.2, 0.25) is 20.0 Å². The topological polar surface area (TPSA) is 127 Å². The van der Waals surface area contributed by atoms with Crippen LogP contribution in [0.1, 0.15) is 18.6 Å². The van der Waals surface area contributed by atoms with E-state index in [9.17, 15) is 21.9 Å². The highest BCUT2D eigenvalue weighted by Crippen LogP contribution is 2.16. The molecule has 1 rings (SSSR count). The van der Waals surface area contributed by atoms with E-state index in [1.54, 1.807) is 6.07 Å². The quantitative estimate of drug-likeness (QED) is 0.641. The van der Waals surface area contributed by atoms with Crippen LogP contribution in [0.15, 0.2) is 29.2 Å². The average molecular weight is 308 g/mol. The van der Waals surface area contributed by atoms with Gasteiger partial charge in [-0.3, -0.25) is 0 Å². The summed E-state index contributed by atoms with van der Waals surface area (Å²) >= 11 is 0. The van der Waals surface area contributed by atoms with E-state index in [4.69, 9.17) is 5.14 Å². The van der Waals surface area contributed by atoms with Crippen molar-refractivity contribution in [2.75, 3.05) is 12.3 Å². The molecule has 9 heteroatoms. The smallest absolute Gasteiger partial charge is 0.240 e. The molecule has 1 atom stereocenters. The summed E-state index contributed by atoms with van der Waals surface area (Å²) in [6, 6.07) is 5.76. The lowest BCUT2D eigenvalue weighted by atomic mass is 10.1. The van der Waals surface area contributed by atoms with Gasteiger partial charge in [-0.15, -0.1) is 0 Å². The minimum Gasteiger partial charge on any atom is -0.389 e. The molecule has 0 aromatic heterocycles. The van der Waals surface area contributed by atoms with E-state index in [0.29, 0.717) is 5.56 Å². The Balaban J connectivity index is 2.86. The van der Waals surface area contributed by atoms with Gasteiger partial charge in [-0.1, -0.05) is 12.1 Å². The van der Waals surface area contributed by atoms with Crippen molar-refractivity contribution >= 4 is 20.0 Å². The number of hydrogen-bond acceptors (Lipinski definition) is 5. The first-order valence-corrected chi connectivity index (χ1v) is 8.60. The summed E-state index contributed by atoms with van der Waals surface area (Å²) in [5, 5.41) is 14.2. The number of hydrogen-bond donors (Lipinski definition) is 3. The van der Waals surface area contributed by atoms with Crippen LogP contribution in [0.25, 0.3) is 0 Å². The van der Waals surface area contributed by atoms with Crippen molar-refractivity contribution in [2.45, 2.75) is 17.9 Å². The van der Waals surface area contributed by atoms with E-state index in [1.807, 2.05) is 0 Å². The highest BCUT2D eigenvalue weighted by atomic mass is 32.2. The minimum atomic E-state index is -3.82. The summed E-state index contributed by atoms with van der Waals surface area (Å²) in [5.41, 5.74) is 0.453. The number of nitrogens with two attached hydrogens (primary N) is 1. The summed E-state index contributed by atoms with van der Waals surface area (Å²) in [4.78, 5) is -0.0414. The van der Waals surface area contributed by atoms with Crippen molar-refractivity contribution in [1.29, 1.82) is 0 Å². The maximum Gasteiger partial charge on any atom is 0.240 e. The van der Waals surface area contributed by atoms with E-state index >= 15 is 0 Å². The van der Waals surface area contributed by atoms with Crippen LogP contribution >= 0.6 is 0 Å². The fourth-order valence-electron chi connectivity index (χ4n) is 1.34. The first kappa shape index (κ1) is 16.1. The first-order valence-electron chi connectivity index (χ1n) is 5.40. The van der Waals surface area contributed by atoms with Gasteiger partial charge >= 0.3 is 0 Å². The van der Waals surface area contributed by atoms with Crippen LogP contribution in [0.5, 0.6) is 0 Å². The van der Waals surface area contributed by atoms with Gasteiger partial charge < -0.3 is 5.11 Å². The third-order valence-electron chi connectivity index (χ3n) is 2.33. The Kier molecular flexibility index (Phi) is 5.04. The first-order chi connectivity index (χ1) is 8.62. The van der Waals surface area contributed by atoms with Crippen LogP contribution < -0.4 is 9.86 Å². The molecule has 1 aromatic carbocycles. The molecular weight excluding hydrogens is 292 g/mol. The number of aliphatic hydroxyl groups is 1. The zero-order valence-corrected chi connectivity index (χ0v) is 11.9. The molecule has 108 valence electrons. The second-order valence-electron chi connectivity index (χ2n) is 4.01. The lowest BCUT2D eigenvalue weighted by Crippen LogP contribution is -2.31. The van der Waals surface area contributed by atoms with Crippen molar-refractivity contribution in [2.24, 2.45) is 5.14 Å². The molecular formula is C10H16N2O5S2. The van der Waals surface area contributed by atoms with Crippen molar-refractivity contribution in [3.63, 3.8) is 0 Å². The molecule has 0 aliphatic carbocycles. The van der Waals surface area contributed by atoms with E-state index in [1.165, 1.54) is 25.1 Å². The standard InChI is InChI=1S/C10H16N2O5S2/c1-8(13)9-3-2-4-10(7-9)19(16,17)12-5-6-18(11,14)15/h2-4,7-8,12-13H,5-6H2,1H3,(H2,11,14,15). The average Bonchev–Trinajstić information content (AvgIpc) is 2.27. The Morgan fingerprint density at radius 2 is 1.95 bits per heavy atom. The van der Waals surface area contributed by atoms with E-state index in [2.05, 4.69) is 4.72 Å². The van der Waals surface area contributed by atoms with Gasteiger partial charge in [0.05, 0.1) is 16.8 Å². The van der Waals surface area contributed by atoms with Crippen LogP contribution in [-0.2, 0) is 20.0 Å². The van der Waals surface area contributed by atoms with Crippen LogP contribution in [0.2, 0.25) is 0 Å². The summed E-state index contributed by atoms with van der Waals surface area (Å²) in [5.74, 6) is -0.484. The summed E-state index contributed by atoms with van der Waals surface area (Å²) in [6.45, 7) is 1.21. The Morgan fingerprint density at radius 3 is 2.47 bits per heavy atom. The van der Waals surface area contributed by atoms with E-state index in [0.717, 1.165) is 0 Å². The fraction of sp³-hybridized carbons (Fsp3) is 0.400. The Labute approximate surface area is 112 Å². The van der Waals surface area contributed by atoms with Crippen LogP contribution in [-0.4, -0.2) is 34.2 Å². The predicted octanol–water partition coefficient (Wildman–Crippen LogP) is -0.693. The van der Waals surface area contributed by atoms with Crippen LogP contribution in [0.4, 0.5) is 0 Å². The molecule has 0 spiro atoms. The minimum absolute atomic E-state index is 0.0414. The largest absolute Gasteiger partial charge is 0.389 e. The summed E-state index contributed by atoms with van der Waals surface area (Å²) in [7, 11) is -7.54. The van der Waals surface area contributed by atoms with Gasteiger partial charge in [0, 0.05) is 6.54 Å². The number of aliphatic hydroxyl groups excluding tert-OH is 1. The zero-order valence-electron chi connectivity index (χ0n) is 10.3. The Bertz CT molecular complexity index is 638. The molecule has 7 nitrogen and oxygen atoms in total. The maximum absolute atomic E-state index is 11.9. The highest BCUT2D eigenvalue weighted by Gasteiger charge is 2.16. The van der Waals surface area contributed by atoms with Gasteiger partial charge in [-0.2, -0.15) is 0 Å². The van der Waals surface area contributed by atoms with Gasteiger partial charge in [-0.05, 0) is 24.6 Å². The van der Waals surface area contributed by atoms with Crippen LogP contribution in [0.3, 0.4) is 0 Å². The number of sulfonamides is 2. The van der Waals surface area contributed by atoms with Gasteiger partial charge in [0.1, 0.15) is 0 Å². The molecule has 0 aliphatic heterocycles. The number of rotatable bonds is 6. The lowest BCUT2D eigenvalue weighted by molar-refractivity contribution is 0.199. The molecule has 19 heavy (non-hydrogen) atoms. The lowest BCUT2D eigenvalue weighted by Gasteiger charge is -2.09. The van der Waals surface area contributed by atoms with Crippen LogP contribution in [0, 0.1) is 0 Å². The van der Waals surface area contributed by atoms with E-state index < -0.39 is 31.9 Å². The molecule has 0 saturated heterocycles. The molecule has 0 heterocycles. The molecule has 0 radical (unpaired) electrons. The second kappa shape index (κ2) is 5.97. The fourth-order valence-corrected chi connectivity index (χ4v) is 2.95. The summed E-state index contributed by atoms with van der Waals surface area (Å²) < 4.78 is 47.3. The number of primary sulfonamides is 1. The monoisotopic (exact) mass is 308 g/mol. The molecule has 4 N–H and O–H groups in total.